The van der Waals surface area contributed by atoms with Gasteiger partial charge in [0.25, 0.3) is 5.56 Å². The van der Waals surface area contributed by atoms with E-state index in [1.165, 1.54) is 11.0 Å². The number of rotatable bonds is 3. The van der Waals surface area contributed by atoms with Crippen LogP contribution < -0.4 is 11.2 Å². The minimum absolute atomic E-state index is 0.115. The lowest BCUT2D eigenvalue weighted by molar-refractivity contribution is 0.270. The van der Waals surface area contributed by atoms with Crippen molar-refractivity contribution in [2.45, 2.75) is 32.7 Å². The second-order valence-corrected chi connectivity index (χ2v) is 6.02. The van der Waals surface area contributed by atoms with Gasteiger partial charge in [-0.15, -0.1) is 0 Å². The fraction of sp³-hybridized carbons (Fsp3) is 0.375. The van der Waals surface area contributed by atoms with E-state index in [2.05, 4.69) is 4.98 Å². The second-order valence-electron chi connectivity index (χ2n) is 5.65. The molecule has 1 fully saturated rings. The normalized spacial score (nSPS) is 15.0. The molecule has 1 aliphatic carbocycles. The Hall–Kier alpha value is -1.81. The predicted octanol–water partition coefficient (Wildman–Crippen LogP) is 2.97. The van der Waals surface area contributed by atoms with Crippen molar-refractivity contribution in [3.63, 3.8) is 0 Å². The maximum Gasteiger partial charge on any atom is 0.329 e. The number of hydrogen-bond donors (Lipinski definition) is 1. The van der Waals surface area contributed by atoms with Crippen LogP contribution in [0.1, 0.15) is 24.8 Å². The maximum atomic E-state index is 12.7. The number of halogens is 1. The molecular formula is C16H17ClN2O2. The number of hydrogen-bond acceptors (Lipinski definition) is 2. The van der Waals surface area contributed by atoms with Crippen molar-refractivity contribution in [2.24, 2.45) is 5.92 Å². The molecule has 1 heterocycles. The summed E-state index contributed by atoms with van der Waals surface area (Å²) < 4.78 is 1.29. The van der Waals surface area contributed by atoms with E-state index in [9.17, 15) is 9.59 Å². The van der Waals surface area contributed by atoms with Crippen LogP contribution in [0.25, 0.3) is 11.1 Å². The molecule has 4 nitrogen and oxygen atoms in total. The van der Waals surface area contributed by atoms with Gasteiger partial charge >= 0.3 is 5.69 Å². The highest BCUT2D eigenvalue weighted by atomic mass is 35.5. The smallest absolute Gasteiger partial charge is 0.297 e. The molecule has 0 saturated heterocycles. The molecule has 0 atom stereocenters. The van der Waals surface area contributed by atoms with Crippen LogP contribution in [-0.2, 0) is 6.54 Å². The number of H-pyrrole nitrogens is 1. The molecule has 0 bridgehead atoms. The second kappa shape index (κ2) is 5.53. The molecule has 0 amide bonds. The highest BCUT2D eigenvalue weighted by Crippen LogP contribution is 2.28. The number of nitrogens with one attached hydrogen (secondary N) is 1. The first-order valence-corrected chi connectivity index (χ1v) is 7.54. The minimum Gasteiger partial charge on any atom is -0.297 e. The predicted molar refractivity (Wildman–Crippen MR) is 83.8 cm³/mol. The third-order valence-corrected chi connectivity index (χ3v) is 4.50. The van der Waals surface area contributed by atoms with Crippen molar-refractivity contribution in [2.75, 3.05) is 0 Å². The molecule has 1 aliphatic rings. The summed E-state index contributed by atoms with van der Waals surface area (Å²) in [5.74, 6) is 0.426. The van der Waals surface area contributed by atoms with E-state index < -0.39 is 5.69 Å². The highest BCUT2D eigenvalue weighted by Gasteiger charge is 2.22. The van der Waals surface area contributed by atoms with Crippen molar-refractivity contribution in [1.82, 2.24) is 9.55 Å². The zero-order valence-electron chi connectivity index (χ0n) is 11.9. The van der Waals surface area contributed by atoms with Crippen molar-refractivity contribution in [3.05, 3.63) is 55.8 Å². The van der Waals surface area contributed by atoms with Gasteiger partial charge in [-0.25, -0.2) is 4.79 Å². The minimum atomic E-state index is -0.422. The van der Waals surface area contributed by atoms with E-state index in [-0.39, 0.29) is 10.7 Å². The molecule has 1 N–H and O–H groups in total. The van der Waals surface area contributed by atoms with Gasteiger partial charge in [0, 0.05) is 6.54 Å². The molecule has 1 aromatic carbocycles. The van der Waals surface area contributed by atoms with Gasteiger partial charge in [-0.05, 0) is 36.8 Å². The molecular weight excluding hydrogens is 288 g/mol. The third kappa shape index (κ3) is 2.56. The topological polar surface area (TPSA) is 54.9 Å². The number of aromatic nitrogens is 2. The van der Waals surface area contributed by atoms with Gasteiger partial charge in [0.15, 0.2) is 0 Å². The van der Waals surface area contributed by atoms with Gasteiger partial charge < -0.3 is 0 Å². The molecule has 110 valence electrons. The fourth-order valence-corrected chi connectivity index (χ4v) is 2.99. The molecule has 0 unspecified atom stereocenters. The molecule has 5 heteroatoms. The van der Waals surface area contributed by atoms with Crippen LogP contribution in [0.15, 0.2) is 33.9 Å². The van der Waals surface area contributed by atoms with Crippen molar-refractivity contribution in [1.29, 1.82) is 0 Å². The van der Waals surface area contributed by atoms with Crippen LogP contribution in [0.3, 0.4) is 0 Å². The molecule has 3 rings (SSSR count). The molecule has 0 spiro atoms. The Morgan fingerprint density at radius 3 is 2.62 bits per heavy atom. The lowest BCUT2D eigenvalue weighted by Gasteiger charge is -2.25. The Morgan fingerprint density at radius 1 is 1.29 bits per heavy atom. The Morgan fingerprint density at radius 2 is 2.00 bits per heavy atom. The first kappa shape index (κ1) is 14.1. The summed E-state index contributed by atoms with van der Waals surface area (Å²) in [7, 11) is 0. The van der Waals surface area contributed by atoms with Crippen molar-refractivity contribution < 1.29 is 0 Å². The summed E-state index contributed by atoms with van der Waals surface area (Å²) in [4.78, 5) is 27.3. The Kier molecular flexibility index (Phi) is 3.72. The average molecular weight is 305 g/mol. The van der Waals surface area contributed by atoms with Crippen LogP contribution in [0, 0.1) is 12.8 Å². The maximum absolute atomic E-state index is 12.7. The number of aryl methyl sites for hydroxylation is 1. The Labute approximate surface area is 127 Å². The fourth-order valence-electron chi connectivity index (χ4n) is 2.73. The zero-order chi connectivity index (χ0) is 15.0. The molecule has 21 heavy (non-hydrogen) atoms. The molecule has 1 saturated carbocycles. The van der Waals surface area contributed by atoms with Gasteiger partial charge in [0.2, 0.25) is 0 Å². The monoisotopic (exact) mass is 304 g/mol. The lowest BCUT2D eigenvalue weighted by Crippen LogP contribution is -2.39. The van der Waals surface area contributed by atoms with Gasteiger partial charge in [0.1, 0.15) is 5.15 Å². The summed E-state index contributed by atoms with van der Waals surface area (Å²) in [5.41, 5.74) is 1.39. The van der Waals surface area contributed by atoms with Crippen molar-refractivity contribution >= 4 is 11.6 Å². The van der Waals surface area contributed by atoms with Crippen LogP contribution in [0.4, 0.5) is 0 Å². The summed E-state index contributed by atoms with van der Waals surface area (Å²) in [6.07, 6.45) is 3.33. The first-order valence-electron chi connectivity index (χ1n) is 7.16. The molecule has 0 aliphatic heterocycles. The van der Waals surface area contributed by atoms with Crippen LogP contribution in [0.2, 0.25) is 5.15 Å². The van der Waals surface area contributed by atoms with Crippen LogP contribution in [0.5, 0.6) is 0 Å². The number of benzene rings is 1. The quantitative estimate of drug-likeness (QED) is 0.886. The third-order valence-electron chi connectivity index (χ3n) is 4.22. The van der Waals surface area contributed by atoms with Crippen LogP contribution >= 0.6 is 11.6 Å². The highest BCUT2D eigenvalue weighted by molar-refractivity contribution is 6.32. The number of aromatic amines is 1. The largest absolute Gasteiger partial charge is 0.329 e. The summed E-state index contributed by atoms with van der Waals surface area (Å²) >= 11 is 6.13. The summed E-state index contributed by atoms with van der Waals surface area (Å²) in [6, 6.07) is 7.54. The van der Waals surface area contributed by atoms with E-state index in [0.29, 0.717) is 18.0 Å². The summed E-state index contributed by atoms with van der Waals surface area (Å²) in [6.45, 7) is 2.40. The van der Waals surface area contributed by atoms with E-state index in [0.717, 1.165) is 24.0 Å². The van der Waals surface area contributed by atoms with Crippen molar-refractivity contribution in [3.8, 4) is 11.1 Å². The lowest BCUT2D eigenvalue weighted by atomic mass is 9.85. The SMILES string of the molecule is Cc1ccccc1-c1c(Cl)[nH]c(=O)n(CC2CCC2)c1=O. The first-order chi connectivity index (χ1) is 10.1. The standard InChI is InChI=1S/C16H17ClN2O2/c1-10-5-2-3-8-12(10)13-14(17)18-16(21)19(15(13)20)9-11-6-4-7-11/h2-3,5,8,11H,4,6-7,9H2,1H3,(H,18,21). The molecule has 2 aromatic rings. The Bertz CT molecular complexity index is 788. The molecule has 0 radical (unpaired) electrons. The van der Waals surface area contributed by atoms with Gasteiger partial charge in [-0.3, -0.25) is 14.3 Å². The average Bonchev–Trinajstić information content (AvgIpc) is 2.38. The molecule has 1 aromatic heterocycles. The van der Waals surface area contributed by atoms with Gasteiger partial charge in [0.05, 0.1) is 5.56 Å². The van der Waals surface area contributed by atoms with E-state index in [4.69, 9.17) is 11.6 Å². The Balaban J connectivity index is 2.17. The van der Waals surface area contributed by atoms with Gasteiger partial charge in [-0.2, -0.15) is 0 Å². The summed E-state index contributed by atoms with van der Waals surface area (Å²) in [5, 5.41) is 0.115. The van der Waals surface area contributed by atoms with Gasteiger partial charge in [-0.1, -0.05) is 42.3 Å². The van der Waals surface area contributed by atoms with E-state index >= 15 is 0 Å². The van der Waals surface area contributed by atoms with E-state index in [1.807, 2.05) is 31.2 Å². The van der Waals surface area contributed by atoms with E-state index in [1.54, 1.807) is 0 Å². The number of nitrogens with zero attached hydrogens (tertiary/aromatic N) is 1. The zero-order valence-corrected chi connectivity index (χ0v) is 12.6. The van der Waals surface area contributed by atoms with Crippen LogP contribution in [-0.4, -0.2) is 9.55 Å².